The molecule has 35 heavy (non-hydrogen) atoms. The number of hydrogen-bond donors (Lipinski definition) is 3. The summed E-state index contributed by atoms with van der Waals surface area (Å²) in [5.41, 5.74) is 8.03. The third-order valence-electron chi connectivity index (χ3n) is 5.57. The molecule has 0 aliphatic heterocycles. The number of benzene rings is 3. The number of nitrogens with two attached hydrogens (primary N) is 1. The lowest BCUT2D eigenvalue weighted by atomic mass is 10.0. The number of rotatable bonds is 8. The zero-order chi connectivity index (χ0) is 24.9. The molecular weight excluding hydrogens is 449 g/mol. The number of aliphatic carboxylic acids is 1. The molecule has 0 saturated heterocycles. The van der Waals surface area contributed by atoms with Crippen LogP contribution in [0.3, 0.4) is 0 Å². The number of aromatic nitrogens is 1. The Morgan fingerprint density at radius 3 is 2.20 bits per heavy atom. The summed E-state index contributed by atoms with van der Waals surface area (Å²) in [6, 6.07) is 22.5. The number of carboxylic acid groups (broad SMARTS) is 1. The minimum atomic E-state index is -0.991. The summed E-state index contributed by atoms with van der Waals surface area (Å²) in [5, 5.41) is 12.6. The Balaban J connectivity index is 1.56. The highest BCUT2D eigenvalue weighted by Crippen LogP contribution is 2.20. The van der Waals surface area contributed by atoms with E-state index < -0.39 is 29.2 Å². The molecule has 7 nitrogen and oxygen atoms in total. The third-order valence-corrected chi connectivity index (χ3v) is 5.57. The molecular formula is C27H22FN3O4. The monoisotopic (exact) mass is 471 g/mol. The Bertz CT molecular complexity index is 1420. The number of nitrogens with one attached hydrogen (secondary N) is 1. The first-order valence-electron chi connectivity index (χ1n) is 10.8. The van der Waals surface area contributed by atoms with Crippen LogP contribution >= 0.6 is 0 Å². The number of halogens is 1. The van der Waals surface area contributed by atoms with E-state index in [0.29, 0.717) is 11.3 Å². The molecule has 176 valence electrons. The van der Waals surface area contributed by atoms with E-state index >= 15 is 0 Å². The van der Waals surface area contributed by atoms with Crippen LogP contribution in [0.25, 0.3) is 5.69 Å². The Hall–Kier alpha value is -4.56. The van der Waals surface area contributed by atoms with Crippen LogP contribution in [0.2, 0.25) is 0 Å². The smallest absolute Gasteiger partial charge is 0.325 e. The quantitative estimate of drug-likeness (QED) is 0.338. The number of ketones is 1. The van der Waals surface area contributed by atoms with Crippen LogP contribution in [0.1, 0.15) is 33.1 Å². The van der Waals surface area contributed by atoms with Crippen LogP contribution in [-0.2, 0) is 11.3 Å². The molecule has 0 saturated carbocycles. The van der Waals surface area contributed by atoms with Crippen molar-refractivity contribution in [1.29, 1.82) is 0 Å². The van der Waals surface area contributed by atoms with Crippen molar-refractivity contribution < 1.29 is 19.1 Å². The number of pyridine rings is 1. The number of carboxylic acids is 1. The fourth-order valence-electron chi connectivity index (χ4n) is 3.74. The summed E-state index contributed by atoms with van der Waals surface area (Å²) in [4.78, 5) is 37.1. The van der Waals surface area contributed by atoms with Gasteiger partial charge in [0.15, 0.2) is 5.78 Å². The maximum Gasteiger partial charge on any atom is 0.325 e. The van der Waals surface area contributed by atoms with Gasteiger partial charge in [-0.05, 0) is 53.6 Å². The number of anilines is 1. The van der Waals surface area contributed by atoms with E-state index in [1.807, 2.05) is 6.07 Å². The highest BCUT2D eigenvalue weighted by atomic mass is 19.1. The van der Waals surface area contributed by atoms with E-state index in [-0.39, 0.29) is 23.5 Å². The van der Waals surface area contributed by atoms with E-state index in [2.05, 4.69) is 5.32 Å². The Kier molecular flexibility index (Phi) is 6.84. The van der Waals surface area contributed by atoms with Gasteiger partial charge in [0.05, 0.1) is 11.3 Å². The van der Waals surface area contributed by atoms with Crippen molar-refractivity contribution in [2.24, 2.45) is 0 Å². The molecule has 0 fully saturated rings. The van der Waals surface area contributed by atoms with Crippen LogP contribution in [-0.4, -0.2) is 21.4 Å². The fourth-order valence-corrected chi connectivity index (χ4v) is 3.74. The molecule has 1 heterocycles. The van der Waals surface area contributed by atoms with Crippen molar-refractivity contribution in [3.8, 4) is 5.69 Å². The number of carbonyl (C=O) groups is 2. The Labute approximate surface area is 200 Å². The van der Waals surface area contributed by atoms with Crippen LogP contribution in [0.15, 0.2) is 95.8 Å². The molecule has 1 aromatic heterocycles. The van der Waals surface area contributed by atoms with Gasteiger partial charge in [0.1, 0.15) is 17.7 Å². The van der Waals surface area contributed by atoms with Crippen molar-refractivity contribution in [3.63, 3.8) is 0 Å². The highest BCUT2D eigenvalue weighted by molar-refractivity contribution is 6.11. The van der Waals surface area contributed by atoms with E-state index in [1.54, 1.807) is 48.5 Å². The second-order valence-corrected chi connectivity index (χ2v) is 7.87. The van der Waals surface area contributed by atoms with Crippen molar-refractivity contribution >= 4 is 17.6 Å². The SMILES string of the molecule is Nc1c(C(=O)c2ccc(F)cc2)ccc(=O)n1-c1ccc(CNC(C(=O)O)c2ccccc2)cc1. The van der Waals surface area contributed by atoms with Crippen LogP contribution < -0.4 is 16.6 Å². The average Bonchev–Trinajstić information content (AvgIpc) is 2.86. The predicted molar refractivity (Wildman–Crippen MR) is 130 cm³/mol. The molecule has 3 aromatic carbocycles. The van der Waals surface area contributed by atoms with Gasteiger partial charge >= 0.3 is 5.97 Å². The molecule has 0 spiro atoms. The molecule has 8 heteroatoms. The lowest BCUT2D eigenvalue weighted by Crippen LogP contribution is -2.28. The normalized spacial score (nSPS) is 11.7. The summed E-state index contributed by atoms with van der Waals surface area (Å²) < 4.78 is 14.4. The molecule has 4 aromatic rings. The van der Waals surface area contributed by atoms with Gasteiger partial charge in [-0.15, -0.1) is 0 Å². The van der Waals surface area contributed by atoms with Crippen LogP contribution in [0, 0.1) is 5.82 Å². The summed E-state index contributed by atoms with van der Waals surface area (Å²) in [6.45, 7) is 0.277. The van der Waals surface area contributed by atoms with Gasteiger partial charge in [0.25, 0.3) is 5.56 Å². The van der Waals surface area contributed by atoms with E-state index in [0.717, 1.165) is 5.56 Å². The standard InChI is InChI=1S/C27H22FN3O4/c28-20-10-8-19(9-11-20)25(33)22-14-15-23(32)31(26(22)29)21-12-6-17(7-13-21)16-30-24(27(34)35)18-4-2-1-3-5-18/h1-15,24,30H,16,29H2,(H,34,35). The number of nitrogens with zero attached hydrogens (tertiary/aromatic N) is 1. The zero-order valence-corrected chi connectivity index (χ0v) is 18.5. The molecule has 4 rings (SSSR count). The summed E-state index contributed by atoms with van der Waals surface area (Å²) in [5.74, 6) is -1.92. The highest BCUT2D eigenvalue weighted by Gasteiger charge is 2.19. The molecule has 0 aliphatic rings. The van der Waals surface area contributed by atoms with Gasteiger partial charge in [-0.1, -0.05) is 42.5 Å². The summed E-state index contributed by atoms with van der Waals surface area (Å²) in [7, 11) is 0. The van der Waals surface area contributed by atoms with Crippen molar-refractivity contribution in [2.75, 3.05) is 5.73 Å². The van der Waals surface area contributed by atoms with Crippen molar-refractivity contribution in [2.45, 2.75) is 12.6 Å². The molecule has 0 bridgehead atoms. The van der Waals surface area contributed by atoms with Gasteiger partial charge in [-0.2, -0.15) is 0 Å². The number of carbonyl (C=O) groups excluding carboxylic acids is 1. The lowest BCUT2D eigenvalue weighted by Gasteiger charge is -2.16. The van der Waals surface area contributed by atoms with Crippen LogP contribution in [0.4, 0.5) is 10.2 Å². The van der Waals surface area contributed by atoms with Gasteiger partial charge in [0.2, 0.25) is 0 Å². The van der Waals surface area contributed by atoms with E-state index in [9.17, 15) is 23.9 Å². The molecule has 1 atom stereocenters. The molecule has 4 N–H and O–H groups in total. The largest absolute Gasteiger partial charge is 0.480 e. The minimum Gasteiger partial charge on any atom is -0.480 e. The molecule has 0 radical (unpaired) electrons. The lowest BCUT2D eigenvalue weighted by molar-refractivity contribution is -0.139. The maximum atomic E-state index is 13.2. The second-order valence-electron chi connectivity index (χ2n) is 7.87. The van der Waals surface area contributed by atoms with Gasteiger partial charge < -0.3 is 10.8 Å². The molecule has 0 amide bonds. The molecule has 0 aliphatic carbocycles. The minimum absolute atomic E-state index is 0.0345. The third kappa shape index (κ3) is 5.18. The van der Waals surface area contributed by atoms with Crippen LogP contribution in [0.5, 0.6) is 0 Å². The first-order valence-corrected chi connectivity index (χ1v) is 10.8. The van der Waals surface area contributed by atoms with Crippen molar-refractivity contribution in [1.82, 2.24) is 9.88 Å². The zero-order valence-electron chi connectivity index (χ0n) is 18.5. The van der Waals surface area contributed by atoms with Gasteiger partial charge in [-0.3, -0.25) is 24.3 Å². The van der Waals surface area contributed by atoms with Crippen molar-refractivity contribution in [3.05, 3.63) is 129 Å². The first kappa shape index (κ1) is 23.6. The summed E-state index contributed by atoms with van der Waals surface area (Å²) >= 11 is 0. The topological polar surface area (TPSA) is 114 Å². The number of hydrogen-bond acceptors (Lipinski definition) is 5. The Morgan fingerprint density at radius 1 is 0.914 bits per heavy atom. The average molecular weight is 471 g/mol. The number of nitrogen functional groups attached to an aromatic ring is 1. The van der Waals surface area contributed by atoms with Gasteiger partial charge in [-0.25, -0.2) is 4.39 Å². The second kappa shape index (κ2) is 10.1. The summed E-state index contributed by atoms with van der Waals surface area (Å²) in [6.07, 6.45) is 0. The first-order chi connectivity index (χ1) is 16.8. The predicted octanol–water partition coefficient (Wildman–Crippen LogP) is 3.71. The van der Waals surface area contributed by atoms with Gasteiger partial charge in [0, 0.05) is 18.2 Å². The van der Waals surface area contributed by atoms with E-state index in [1.165, 1.54) is 41.0 Å². The molecule has 1 unspecified atom stereocenters. The fraction of sp³-hybridized carbons (Fsp3) is 0.0741. The Morgan fingerprint density at radius 2 is 1.57 bits per heavy atom. The van der Waals surface area contributed by atoms with E-state index in [4.69, 9.17) is 5.73 Å². The maximum absolute atomic E-state index is 13.2.